The van der Waals surface area contributed by atoms with E-state index < -0.39 is 30.3 Å². The van der Waals surface area contributed by atoms with Crippen LogP contribution < -0.4 is 9.47 Å². The molecule has 0 bridgehead atoms. The largest absolute Gasteiger partial charge is 0.460 e. The van der Waals surface area contributed by atoms with Crippen molar-refractivity contribution in [3.05, 3.63) is 144 Å². The Bertz CT molecular complexity index is 1750. The van der Waals surface area contributed by atoms with Crippen molar-refractivity contribution in [1.29, 1.82) is 0 Å². The van der Waals surface area contributed by atoms with Crippen LogP contribution in [0, 0.1) is 0 Å². The Labute approximate surface area is 351 Å². The van der Waals surface area contributed by atoms with E-state index in [1.807, 2.05) is 78.9 Å². The van der Waals surface area contributed by atoms with Crippen molar-refractivity contribution in [1.82, 2.24) is 0 Å². The molecule has 0 amide bonds. The number of rotatable bonds is 27. The molecule has 316 valence electrons. The molecular formula is C50H62O9. The molecule has 4 aromatic rings. The van der Waals surface area contributed by atoms with E-state index in [9.17, 15) is 14.4 Å². The Balaban J connectivity index is 1.28. The Kier molecular flexibility index (Phi) is 21.2. The van der Waals surface area contributed by atoms with Gasteiger partial charge < -0.3 is 28.4 Å². The predicted octanol–water partition coefficient (Wildman–Crippen LogP) is 11.4. The van der Waals surface area contributed by atoms with Crippen LogP contribution in [0.2, 0.25) is 0 Å². The highest BCUT2D eigenvalue weighted by Crippen LogP contribution is 2.29. The molecule has 59 heavy (non-hydrogen) atoms. The lowest BCUT2D eigenvalue weighted by Gasteiger charge is -2.21. The quantitative estimate of drug-likeness (QED) is 0.0252. The fraction of sp³-hybridized carbons (Fsp3) is 0.420. The molecule has 0 heterocycles. The zero-order valence-electron chi connectivity index (χ0n) is 35.2. The zero-order chi connectivity index (χ0) is 42.1. The van der Waals surface area contributed by atoms with Gasteiger partial charge in [-0.05, 0) is 72.9 Å². The Morgan fingerprint density at radius 3 is 1.47 bits per heavy atom. The van der Waals surface area contributed by atoms with E-state index in [2.05, 4.69) is 19.1 Å². The molecule has 0 aromatic heterocycles. The predicted molar refractivity (Wildman–Crippen MR) is 230 cm³/mol. The average Bonchev–Trinajstić information content (AvgIpc) is 3.24. The summed E-state index contributed by atoms with van der Waals surface area (Å²) in [7, 11) is 4.46. The smallest absolute Gasteiger partial charge is 0.345 e. The van der Waals surface area contributed by atoms with Crippen LogP contribution in [-0.4, -0.2) is 45.3 Å². The molecular weight excluding hydrogens is 745 g/mol. The first-order valence-corrected chi connectivity index (χ1v) is 21.0. The minimum atomic E-state index is -0.917. The minimum absolute atomic E-state index is 0.182. The number of hydrogen-bond donors (Lipinski definition) is 0. The van der Waals surface area contributed by atoms with Gasteiger partial charge in [0.2, 0.25) is 0 Å². The molecule has 0 unspecified atom stereocenters. The van der Waals surface area contributed by atoms with Gasteiger partial charge in [-0.25, -0.2) is 14.4 Å². The summed E-state index contributed by atoms with van der Waals surface area (Å²) in [6, 6.07) is 32.9. The van der Waals surface area contributed by atoms with Crippen LogP contribution >= 0.6 is 0 Å². The van der Waals surface area contributed by atoms with Crippen LogP contribution in [0.5, 0.6) is 11.5 Å². The summed E-state index contributed by atoms with van der Waals surface area (Å²) in [4.78, 5) is 39.6. The van der Waals surface area contributed by atoms with Crippen molar-refractivity contribution in [2.24, 2.45) is 0 Å². The molecule has 0 aliphatic rings. The van der Waals surface area contributed by atoms with Gasteiger partial charge in [0.15, 0.2) is 18.3 Å². The Hall–Kier alpha value is -5.09. The highest BCUT2D eigenvalue weighted by Gasteiger charge is 2.26. The summed E-state index contributed by atoms with van der Waals surface area (Å²) >= 11 is 0. The molecule has 0 radical (unpaired) electrons. The van der Waals surface area contributed by atoms with Gasteiger partial charge in [0.05, 0.1) is 0 Å². The fourth-order valence-corrected chi connectivity index (χ4v) is 6.96. The van der Waals surface area contributed by atoms with E-state index in [1.165, 1.54) is 27.8 Å². The monoisotopic (exact) mass is 806 g/mol. The molecule has 0 fully saturated rings. The summed E-state index contributed by atoms with van der Waals surface area (Å²) < 4.78 is 34.1. The summed E-state index contributed by atoms with van der Waals surface area (Å²) in [5.74, 6) is -0.967. The average molecular weight is 807 g/mol. The number of carbonyl (C=O) groups excluding carboxylic acids is 3. The summed E-state index contributed by atoms with van der Waals surface area (Å²) in [5.41, 5.74) is 3.02. The molecule has 9 heteroatoms. The highest BCUT2D eigenvalue weighted by atomic mass is 16.6. The number of unbranched alkanes of at least 4 members (excludes halogenated alkanes) is 8. The topological polar surface area (TPSA) is 107 Å². The Morgan fingerprint density at radius 1 is 0.525 bits per heavy atom. The van der Waals surface area contributed by atoms with Gasteiger partial charge >= 0.3 is 17.9 Å². The lowest BCUT2D eigenvalue weighted by Crippen LogP contribution is -2.24. The van der Waals surface area contributed by atoms with Crippen molar-refractivity contribution in [2.45, 2.75) is 115 Å². The molecule has 4 rings (SSSR count). The van der Waals surface area contributed by atoms with Crippen molar-refractivity contribution < 1.29 is 42.8 Å². The second-order valence-electron chi connectivity index (χ2n) is 14.7. The second kappa shape index (κ2) is 26.8. The van der Waals surface area contributed by atoms with Crippen LogP contribution in [-0.2, 0) is 39.8 Å². The van der Waals surface area contributed by atoms with Gasteiger partial charge in [0, 0.05) is 33.8 Å². The lowest BCUT2D eigenvalue weighted by atomic mass is 10.0. The van der Waals surface area contributed by atoms with Crippen molar-refractivity contribution in [2.75, 3.05) is 21.3 Å². The minimum Gasteiger partial charge on any atom is -0.460 e. The van der Waals surface area contributed by atoms with E-state index in [-0.39, 0.29) is 23.6 Å². The third-order valence-corrected chi connectivity index (χ3v) is 10.1. The third-order valence-electron chi connectivity index (χ3n) is 10.1. The highest BCUT2D eigenvalue weighted by molar-refractivity contribution is 5.80. The second-order valence-corrected chi connectivity index (χ2v) is 14.7. The number of benzene rings is 4. The first-order valence-electron chi connectivity index (χ1n) is 21.0. The van der Waals surface area contributed by atoms with Gasteiger partial charge in [-0.2, -0.15) is 0 Å². The van der Waals surface area contributed by atoms with E-state index in [0.717, 1.165) is 75.3 Å². The number of allylic oxidation sites excluding steroid dienone is 1. The number of hydrogen-bond acceptors (Lipinski definition) is 9. The number of methoxy groups -OCH3 is 3. The summed E-state index contributed by atoms with van der Waals surface area (Å²) in [5, 5.41) is 0. The molecule has 0 N–H and O–H groups in total. The number of carbonyl (C=O) groups is 3. The maximum atomic E-state index is 13.3. The molecule has 0 spiro atoms. The summed E-state index contributed by atoms with van der Waals surface area (Å²) in [6.07, 6.45) is 14.4. The van der Waals surface area contributed by atoms with E-state index >= 15 is 0 Å². The molecule has 4 aromatic carbocycles. The van der Waals surface area contributed by atoms with Gasteiger partial charge in [-0.15, -0.1) is 0 Å². The van der Waals surface area contributed by atoms with Crippen LogP contribution in [0.4, 0.5) is 0 Å². The Morgan fingerprint density at radius 2 is 0.983 bits per heavy atom. The standard InChI is InChI=1S/C50H62O9/c1-5-6-7-24-33-42(57-48(51)45(54-2)39-27-18-14-19-28-39)34-25-13-11-9-8-10-12-17-26-38-35-43(58-49(52)46(55-3)40-29-20-15-21-30-40)37-44(36-38)59-50(53)47(56-4)41-31-22-16-23-32-41/h13-16,18-23,25,27-32,35-37,42,45-47H,5-12,17,24,26,33-34H2,1-4H3/b25-13-/t42-,45-,46-,47-/m0/s1. The van der Waals surface area contributed by atoms with E-state index in [0.29, 0.717) is 24.0 Å². The van der Waals surface area contributed by atoms with E-state index in [4.69, 9.17) is 28.4 Å². The number of aryl methyl sites for hydroxylation is 1. The van der Waals surface area contributed by atoms with Crippen molar-refractivity contribution >= 4 is 17.9 Å². The van der Waals surface area contributed by atoms with Crippen LogP contribution in [0.25, 0.3) is 0 Å². The van der Waals surface area contributed by atoms with Gasteiger partial charge in [0.25, 0.3) is 0 Å². The third kappa shape index (κ3) is 16.2. The van der Waals surface area contributed by atoms with Gasteiger partial charge in [0.1, 0.15) is 17.6 Å². The molecule has 9 nitrogen and oxygen atoms in total. The van der Waals surface area contributed by atoms with Gasteiger partial charge in [-0.1, -0.05) is 149 Å². The number of ether oxygens (including phenoxy) is 6. The molecule has 0 aliphatic carbocycles. The maximum absolute atomic E-state index is 13.3. The van der Waals surface area contributed by atoms with Crippen LogP contribution in [0.3, 0.4) is 0 Å². The first-order chi connectivity index (χ1) is 28.9. The SMILES string of the molecule is CCCCCC[C@@H](C/C=C\CCCCCCCc1cc(OC(=O)[C@@H](OC)c2ccccc2)cc(OC(=O)[C@@H](OC)c2ccccc2)c1)OC(=O)[C@@H](OC)c1ccccc1. The molecule has 4 atom stereocenters. The first kappa shape index (κ1) is 46.6. The van der Waals surface area contributed by atoms with Crippen molar-refractivity contribution in [3.8, 4) is 11.5 Å². The lowest BCUT2D eigenvalue weighted by molar-refractivity contribution is -0.161. The van der Waals surface area contributed by atoms with Crippen molar-refractivity contribution in [3.63, 3.8) is 0 Å². The van der Waals surface area contributed by atoms with E-state index in [1.54, 1.807) is 30.3 Å². The van der Waals surface area contributed by atoms with Gasteiger partial charge in [-0.3, -0.25) is 0 Å². The normalized spacial score (nSPS) is 13.4. The molecule has 0 saturated carbocycles. The fourth-order valence-electron chi connectivity index (χ4n) is 6.96. The van der Waals surface area contributed by atoms with Crippen LogP contribution in [0.1, 0.15) is 125 Å². The number of esters is 3. The zero-order valence-corrected chi connectivity index (χ0v) is 35.2. The van der Waals surface area contributed by atoms with Crippen LogP contribution in [0.15, 0.2) is 121 Å². The molecule has 0 aliphatic heterocycles. The summed E-state index contributed by atoms with van der Waals surface area (Å²) in [6.45, 7) is 2.19. The maximum Gasteiger partial charge on any atom is 0.345 e. The molecule has 0 saturated heterocycles.